The van der Waals surface area contributed by atoms with E-state index in [0.29, 0.717) is 5.56 Å². The highest BCUT2D eigenvalue weighted by molar-refractivity contribution is 5.86. The number of fused-ring (bicyclic) bond motifs is 3. The van der Waals surface area contributed by atoms with Gasteiger partial charge in [-0.3, -0.25) is 9.63 Å². The van der Waals surface area contributed by atoms with E-state index in [1.54, 1.807) is 30.3 Å². The summed E-state index contributed by atoms with van der Waals surface area (Å²) in [5.74, 6) is -1.98. The molecule has 8 heteroatoms. The average molecular weight is 460 g/mol. The summed E-state index contributed by atoms with van der Waals surface area (Å²) in [6.07, 6.45) is -0.768. The molecule has 3 aromatic rings. The number of rotatable bonds is 8. The number of aliphatic carboxylic acids is 1. The first-order valence-corrected chi connectivity index (χ1v) is 10.7. The molecule has 0 spiro atoms. The number of nitrogens with one attached hydrogen (secondary N) is 1. The minimum absolute atomic E-state index is 0.0981. The maximum atomic E-state index is 12.9. The third kappa shape index (κ3) is 4.92. The molecular weight excluding hydrogens is 436 g/mol. The number of hydrogen-bond acceptors (Lipinski definition) is 5. The number of hydrogen-bond donors (Lipinski definition) is 2. The third-order valence-corrected chi connectivity index (χ3v) is 5.68. The second-order valence-electron chi connectivity index (χ2n) is 7.82. The third-order valence-electron chi connectivity index (χ3n) is 5.68. The van der Waals surface area contributed by atoms with Crippen LogP contribution in [0.1, 0.15) is 28.7 Å². The van der Waals surface area contributed by atoms with Crippen molar-refractivity contribution in [2.45, 2.75) is 12.0 Å². The molecule has 0 heterocycles. The quantitative estimate of drug-likeness (QED) is 0.496. The largest absolute Gasteiger partial charge is 0.479 e. The molecule has 2 amide bonds. The van der Waals surface area contributed by atoms with E-state index >= 15 is 0 Å². The number of hydroxylamine groups is 2. The van der Waals surface area contributed by atoms with Gasteiger partial charge in [0.15, 0.2) is 6.61 Å². The number of likely N-dealkylation sites (N-methyl/N-ethyl adjacent to an activating group) is 1. The topological polar surface area (TPSA) is 105 Å². The maximum absolute atomic E-state index is 12.9. The van der Waals surface area contributed by atoms with Crippen LogP contribution in [0.4, 0.5) is 4.79 Å². The van der Waals surface area contributed by atoms with Crippen LogP contribution in [0.2, 0.25) is 0 Å². The van der Waals surface area contributed by atoms with Gasteiger partial charge in [0.1, 0.15) is 12.6 Å². The Hall–Kier alpha value is -4.17. The molecule has 0 fully saturated rings. The number of alkyl carbamates (subject to hydrolysis) is 1. The van der Waals surface area contributed by atoms with Crippen LogP contribution >= 0.6 is 0 Å². The van der Waals surface area contributed by atoms with Gasteiger partial charge in [0.05, 0.1) is 0 Å². The zero-order chi connectivity index (χ0) is 24.1. The predicted octanol–water partition coefficient (Wildman–Crippen LogP) is 3.74. The first-order chi connectivity index (χ1) is 16.5. The van der Waals surface area contributed by atoms with Gasteiger partial charge in [-0.1, -0.05) is 78.9 Å². The molecule has 174 valence electrons. The van der Waals surface area contributed by atoms with Crippen LogP contribution in [0.5, 0.6) is 0 Å². The van der Waals surface area contributed by atoms with Crippen LogP contribution in [0.15, 0.2) is 78.9 Å². The van der Waals surface area contributed by atoms with Crippen molar-refractivity contribution in [3.05, 3.63) is 95.6 Å². The molecule has 3 aromatic carbocycles. The Morgan fingerprint density at radius 1 is 0.912 bits per heavy atom. The van der Waals surface area contributed by atoms with E-state index in [9.17, 15) is 14.4 Å². The Balaban J connectivity index is 1.47. The van der Waals surface area contributed by atoms with E-state index in [-0.39, 0.29) is 12.5 Å². The first-order valence-electron chi connectivity index (χ1n) is 10.7. The lowest BCUT2D eigenvalue weighted by molar-refractivity contribution is -0.187. The Morgan fingerprint density at radius 2 is 1.47 bits per heavy atom. The van der Waals surface area contributed by atoms with Gasteiger partial charge < -0.3 is 15.2 Å². The number of carboxylic acid groups (broad SMARTS) is 1. The zero-order valence-electron chi connectivity index (χ0n) is 18.5. The van der Waals surface area contributed by atoms with Crippen molar-refractivity contribution in [2.24, 2.45) is 0 Å². The first kappa shape index (κ1) is 23.0. The van der Waals surface area contributed by atoms with Crippen LogP contribution in [0.3, 0.4) is 0 Å². The summed E-state index contributed by atoms with van der Waals surface area (Å²) in [7, 11) is 1.29. The highest BCUT2D eigenvalue weighted by atomic mass is 16.7. The molecule has 1 atom stereocenters. The average Bonchev–Trinajstić information content (AvgIpc) is 3.18. The zero-order valence-corrected chi connectivity index (χ0v) is 18.5. The number of carbonyl (C=O) groups is 3. The van der Waals surface area contributed by atoms with Gasteiger partial charge in [-0.25, -0.2) is 14.7 Å². The molecule has 1 aliphatic carbocycles. The fraction of sp³-hybridized carbons (Fsp3) is 0.192. The summed E-state index contributed by atoms with van der Waals surface area (Å²) in [5.41, 5.74) is 4.89. The summed E-state index contributed by atoms with van der Waals surface area (Å²) < 4.78 is 5.56. The summed E-state index contributed by atoms with van der Waals surface area (Å²) in [6.45, 7) is -0.588. The van der Waals surface area contributed by atoms with Crippen molar-refractivity contribution >= 4 is 18.0 Å². The highest BCUT2D eigenvalue weighted by Crippen LogP contribution is 2.44. The Labute approximate surface area is 196 Å². The molecule has 2 N–H and O–H groups in total. The van der Waals surface area contributed by atoms with E-state index in [1.165, 1.54) is 7.05 Å². The fourth-order valence-electron chi connectivity index (χ4n) is 4.09. The molecule has 8 nitrogen and oxygen atoms in total. The van der Waals surface area contributed by atoms with Gasteiger partial charge in [-0.2, -0.15) is 0 Å². The van der Waals surface area contributed by atoms with E-state index < -0.39 is 30.6 Å². The lowest BCUT2D eigenvalue weighted by Crippen LogP contribution is -2.42. The minimum atomic E-state index is -1.22. The monoisotopic (exact) mass is 460 g/mol. The van der Waals surface area contributed by atoms with Gasteiger partial charge in [-0.05, 0) is 27.8 Å². The lowest BCUT2D eigenvalue weighted by Gasteiger charge is -2.24. The summed E-state index contributed by atoms with van der Waals surface area (Å²) >= 11 is 0. The van der Waals surface area contributed by atoms with Crippen molar-refractivity contribution < 1.29 is 29.1 Å². The molecule has 1 unspecified atom stereocenters. The molecule has 0 radical (unpaired) electrons. The van der Waals surface area contributed by atoms with Crippen molar-refractivity contribution in [3.63, 3.8) is 0 Å². The van der Waals surface area contributed by atoms with Crippen molar-refractivity contribution in [1.82, 2.24) is 10.4 Å². The molecule has 0 aliphatic heterocycles. The number of carboxylic acids is 1. The van der Waals surface area contributed by atoms with Gasteiger partial charge in [0, 0.05) is 13.0 Å². The molecule has 0 saturated heterocycles. The number of nitrogens with zero attached hydrogens (tertiary/aromatic N) is 1. The van der Waals surface area contributed by atoms with Crippen molar-refractivity contribution in [1.29, 1.82) is 0 Å². The summed E-state index contributed by atoms with van der Waals surface area (Å²) in [5, 5.41) is 12.2. The van der Waals surface area contributed by atoms with E-state index in [2.05, 4.69) is 5.32 Å². The van der Waals surface area contributed by atoms with Crippen molar-refractivity contribution in [3.8, 4) is 11.1 Å². The normalized spacial score (nSPS) is 12.9. The Bertz CT molecular complexity index is 1150. The Morgan fingerprint density at radius 3 is 2.06 bits per heavy atom. The number of amides is 2. The van der Waals surface area contributed by atoms with Crippen LogP contribution in [0.25, 0.3) is 11.1 Å². The highest BCUT2D eigenvalue weighted by Gasteiger charge is 2.31. The molecule has 0 aromatic heterocycles. The van der Waals surface area contributed by atoms with Crippen LogP contribution in [0, 0.1) is 0 Å². The smallest absolute Gasteiger partial charge is 0.408 e. The minimum Gasteiger partial charge on any atom is -0.479 e. The predicted molar refractivity (Wildman–Crippen MR) is 124 cm³/mol. The van der Waals surface area contributed by atoms with E-state index in [4.69, 9.17) is 14.7 Å². The second kappa shape index (κ2) is 10.2. The Kier molecular flexibility index (Phi) is 6.89. The molecule has 0 bridgehead atoms. The SMILES string of the molecule is CN(OCC(=O)O)C(=O)C(NC(=O)OCC1c2ccccc2-c2ccccc21)c1ccccc1. The standard InChI is InChI=1S/C26H24N2O6/c1-28(34-16-23(29)30)25(31)24(17-9-3-2-4-10-17)27-26(32)33-15-22-20-13-7-5-11-18(20)19-12-6-8-14-21(19)22/h2-14,22,24H,15-16H2,1H3,(H,27,32)(H,29,30). The van der Waals surface area contributed by atoms with E-state index in [1.807, 2.05) is 48.5 Å². The molecule has 0 saturated carbocycles. The molecule has 4 rings (SSSR count). The molecule has 34 heavy (non-hydrogen) atoms. The second-order valence-corrected chi connectivity index (χ2v) is 7.82. The van der Waals surface area contributed by atoms with Crippen LogP contribution in [-0.2, 0) is 19.2 Å². The number of carbonyl (C=O) groups excluding carboxylic acids is 2. The van der Waals surface area contributed by atoms with Gasteiger partial charge in [-0.15, -0.1) is 0 Å². The van der Waals surface area contributed by atoms with Crippen LogP contribution < -0.4 is 5.32 Å². The van der Waals surface area contributed by atoms with Crippen molar-refractivity contribution in [2.75, 3.05) is 20.3 Å². The molecule has 1 aliphatic rings. The van der Waals surface area contributed by atoms with Gasteiger partial charge in [0.2, 0.25) is 0 Å². The summed E-state index contributed by atoms with van der Waals surface area (Å²) in [6, 6.07) is 23.5. The lowest BCUT2D eigenvalue weighted by atomic mass is 9.98. The summed E-state index contributed by atoms with van der Waals surface area (Å²) in [4.78, 5) is 41.4. The van der Waals surface area contributed by atoms with Crippen LogP contribution in [-0.4, -0.2) is 48.4 Å². The fourth-order valence-corrected chi connectivity index (χ4v) is 4.09. The number of ether oxygens (including phenoxy) is 1. The van der Waals surface area contributed by atoms with Gasteiger partial charge >= 0.3 is 12.1 Å². The van der Waals surface area contributed by atoms with Gasteiger partial charge in [0.25, 0.3) is 5.91 Å². The van der Waals surface area contributed by atoms with E-state index in [0.717, 1.165) is 27.3 Å². The maximum Gasteiger partial charge on any atom is 0.408 e. The number of benzene rings is 3. The molecular formula is C26H24N2O6.